The van der Waals surface area contributed by atoms with Crippen molar-refractivity contribution in [2.45, 2.75) is 20.4 Å². The van der Waals surface area contributed by atoms with E-state index in [1.165, 1.54) is 11.3 Å². The van der Waals surface area contributed by atoms with E-state index in [2.05, 4.69) is 29.0 Å². The van der Waals surface area contributed by atoms with Crippen LogP contribution in [-0.2, 0) is 6.54 Å². The second-order valence-electron chi connectivity index (χ2n) is 4.41. The molecule has 2 aromatic rings. The van der Waals surface area contributed by atoms with Crippen LogP contribution in [0.1, 0.15) is 29.1 Å². The number of amides is 1. The standard InChI is InChI=1S/C15H19N3OS/c1-3-18(4-2)11-13-10-16-15(20-13)17-14(19)12-8-6-5-7-9-12/h5-10H,3-4,11H2,1-2H3,(H,16,17,19). The summed E-state index contributed by atoms with van der Waals surface area (Å²) < 4.78 is 0. The summed E-state index contributed by atoms with van der Waals surface area (Å²) in [6.45, 7) is 7.19. The molecule has 4 nitrogen and oxygen atoms in total. The van der Waals surface area contributed by atoms with Crippen molar-refractivity contribution in [3.8, 4) is 0 Å². The van der Waals surface area contributed by atoms with Crippen LogP contribution in [0.3, 0.4) is 0 Å². The lowest BCUT2D eigenvalue weighted by molar-refractivity contribution is 0.102. The van der Waals surface area contributed by atoms with Gasteiger partial charge in [-0.15, -0.1) is 11.3 Å². The highest BCUT2D eigenvalue weighted by atomic mass is 32.1. The summed E-state index contributed by atoms with van der Waals surface area (Å²) in [4.78, 5) is 19.7. The molecule has 20 heavy (non-hydrogen) atoms. The van der Waals surface area contributed by atoms with Gasteiger partial charge in [-0.3, -0.25) is 15.0 Å². The molecule has 5 heteroatoms. The van der Waals surface area contributed by atoms with Crippen LogP contribution in [0, 0.1) is 0 Å². The highest BCUT2D eigenvalue weighted by Crippen LogP contribution is 2.20. The first-order valence-corrected chi connectivity index (χ1v) is 7.58. The first kappa shape index (κ1) is 14.7. The van der Waals surface area contributed by atoms with Gasteiger partial charge in [0.05, 0.1) is 0 Å². The fourth-order valence-electron chi connectivity index (χ4n) is 1.86. The van der Waals surface area contributed by atoms with Gasteiger partial charge < -0.3 is 0 Å². The molecule has 0 bridgehead atoms. The number of carbonyl (C=O) groups is 1. The average molecular weight is 289 g/mol. The predicted molar refractivity (Wildman–Crippen MR) is 83.1 cm³/mol. The van der Waals surface area contributed by atoms with Crippen molar-refractivity contribution >= 4 is 22.4 Å². The molecule has 106 valence electrons. The lowest BCUT2D eigenvalue weighted by Gasteiger charge is -2.15. The Labute approximate surface area is 123 Å². The van der Waals surface area contributed by atoms with Crippen LogP contribution in [0.25, 0.3) is 0 Å². The Balaban J connectivity index is 1.98. The molecule has 2 rings (SSSR count). The summed E-state index contributed by atoms with van der Waals surface area (Å²) in [6.07, 6.45) is 1.84. The second-order valence-corrected chi connectivity index (χ2v) is 5.53. The molecule has 0 fully saturated rings. The molecule has 0 radical (unpaired) electrons. The van der Waals surface area contributed by atoms with E-state index >= 15 is 0 Å². The quantitative estimate of drug-likeness (QED) is 0.888. The van der Waals surface area contributed by atoms with Gasteiger partial charge in [0, 0.05) is 23.2 Å². The van der Waals surface area contributed by atoms with Gasteiger partial charge in [-0.05, 0) is 25.2 Å². The van der Waals surface area contributed by atoms with E-state index in [1.807, 2.05) is 24.4 Å². The van der Waals surface area contributed by atoms with Crippen molar-refractivity contribution in [2.75, 3.05) is 18.4 Å². The van der Waals surface area contributed by atoms with E-state index in [9.17, 15) is 4.79 Å². The maximum atomic E-state index is 12.0. The maximum absolute atomic E-state index is 12.0. The van der Waals surface area contributed by atoms with Crippen molar-refractivity contribution in [2.24, 2.45) is 0 Å². The van der Waals surface area contributed by atoms with E-state index < -0.39 is 0 Å². The zero-order valence-electron chi connectivity index (χ0n) is 11.8. The van der Waals surface area contributed by atoms with Gasteiger partial charge >= 0.3 is 0 Å². The molecule has 0 aliphatic carbocycles. The van der Waals surface area contributed by atoms with Crippen LogP contribution < -0.4 is 5.32 Å². The van der Waals surface area contributed by atoms with Crippen LogP contribution in [0.4, 0.5) is 5.13 Å². The minimum absolute atomic E-state index is 0.116. The Morgan fingerprint density at radius 3 is 2.60 bits per heavy atom. The molecule has 1 heterocycles. The van der Waals surface area contributed by atoms with Crippen molar-refractivity contribution in [3.63, 3.8) is 0 Å². The minimum Gasteiger partial charge on any atom is -0.299 e. The summed E-state index contributed by atoms with van der Waals surface area (Å²) >= 11 is 1.53. The summed E-state index contributed by atoms with van der Waals surface area (Å²) in [5, 5.41) is 3.49. The Kier molecular flexibility index (Phi) is 5.26. The first-order valence-electron chi connectivity index (χ1n) is 6.76. The Bertz CT molecular complexity index is 549. The Morgan fingerprint density at radius 1 is 1.25 bits per heavy atom. The molecule has 0 atom stereocenters. The normalized spacial score (nSPS) is 10.8. The number of anilines is 1. The van der Waals surface area contributed by atoms with Crippen molar-refractivity contribution in [3.05, 3.63) is 47.0 Å². The summed E-state index contributed by atoms with van der Waals surface area (Å²) in [5.41, 5.74) is 0.646. The number of benzene rings is 1. The Hall–Kier alpha value is -1.72. The molecule has 1 aromatic carbocycles. The number of rotatable bonds is 6. The van der Waals surface area contributed by atoms with E-state index in [0.717, 1.165) is 24.5 Å². The zero-order chi connectivity index (χ0) is 14.4. The summed E-state index contributed by atoms with van der Waals surface area (Å²) in [7, 11) is 0. The third kappa shape index (κ3) is 3.88. The molecular formula is C15H19N3OS. The van der Waals surface area contributed by atoms with Crippen molar-refractivity contribution in [1.82, 2.24) is 9.88 Å². The summed E-state index contributed by atoms with van der Waals surface area (Å²) in [6, 6.07) is 9.17. The van der Waals surface area contributed by atoms with Gasteiger partial charge in [0.25, 0.3) is 5.91 Å². The van der Waals surface area contributed by atoms with Gasteiger partial charge in [-0.2, -0.15) is 0 Å². The monoisotopic (exact) mass is 289 g/mol. The number of hydrogen-bond acceptors (Lipinski definition) is 4. The highest BCUT2D eigenvalue weighted by Gasteiger charge is 2.09. The predicted octanol–water partition coefficient (Wildman–Crippen LogP) is 3.24. The molecular weight excluding hydrogens is 270 g/mol. The van der Waals surface area contributed by atoms with Crippen molar-refractivity contribution < 1.29 is 4.79 Å². The third-order valence-corrected chi connectivity index (χ3v) is 3.98. The fourth-order valence-corrected chi connectivity index (χ4v) is 2.71. The van der Waals surface area contributed by atoms with Gasteiger partial charge in [-0.1, -0.05) is 32.0 Å². The molecule has 0 spiro atoms. The molecule has 0 unspecified atom stereocenters. The number of carbonyl (C=O) groups excluding carboxylic acids is 1. The van der Waals surface area contributed by atoms with E-state index in [0.29, 0.717) is 10.7 Å². The number of thiazole rings is 1. The van der Waals surface area contributed by atoms with Crippen LogP contribution >= 0.6 is 11.3 Å². The lowest BCUT2D eigenvalue weighted by Crippen LogP contribution is -2.21. The smallest absolute Gasteiger partial charge is 0.257 e. The molecule has 0 aliphatic heterocycles. The first-order chi connectivity index (χ1) is 9.72. The molecule has 1 N–H and O–H groups in total. The largest absolute Gasteiger partial charge is 0.299 e. The van der Waals surface area contributed by atoms with Gasteiger partial charge in [-0.25, -0.2) is 4.98 Å². The molecule has 0 saturated heterocycles. The minimum atomic E-state index is -0.116. The number of aromatic nitrogens is 1. The van der Waals surface area contributed by atoms with E-state index in [-0.39, 0.29) is 5.91 Å². The fraction of sp³-hybridized carbons (Fsp3) is 0.333. The highest BCUT2D eigenvalue weighted by molar-refractivity contribution is 7.15. The van der Waals surface area contributed by atoms with E-state index in [4.69, 9.17) is 0 Å². The van der Waals surface area contributed by atoms with Crippen LogP contribution in [0.5, 0.6) is 0 Å². The molecule has 0 saturated carbocycles. The third-order valence-electron chi connectivity index (χ3n) is 3.08. The average Bonchev–Trinajstić information content (AvgIpc) is 2.92. The molecule has 0 aliphatic rings. The van der Waals surface area contributed by atoms with Gasteiger partial charge in [0.2, 0.25) is 0 Å². The topological polar surface area (TPSA) is 45.2 Å². The number of hydrogen-bond donors (Lipinski definition) is 1. The maximum Gasteiger partial charge on any atom is 0.257 e. The van der Waals surface area contributed by atoms with Gasteiger partial charge in [0.1, 0.15) is 0 Å². The SMILES string of the molecule is CCN(CC)Cc1cnc(NC(=O)c2ccccc2)s1. The molecule has 1 amide bonds. The molecule has 1 aromatic heterocycles. The second kappa shape index (κ2) is 7.17. The lowest BCUT2D eigenvalue weighted by atomic mass is 10.2. The number of nitrogens with one attached hydrogen (secondary N) is 1. The van der Waals surface area contributed by atoms with Gasteiger partial charge in [0.15, 0.2) is 5.13 Å². The summed E-state index contributed by atoms with van der Waals surface area (Å²) in [5.74, 6) is -0.116. The van der Waals surface area contributed by atoms with Crippen molar-refractivity contribution in [1.29, 1.82) is 0 Å². The van der Waals surface area contributed by atoms with Crippen LogP contribution in [0.15, 0.2) is 36.5 Å². The zero-order valence-corrected chi connectivity index (χ0v) is 12.6. The van der Waals surface area contributed by atoms with E-state index in [1.54, 1.807) is 12.1 Å². The van der Waals surface area contributed by atoms with Crippen LogP contribution in [0.2, 0.25) is 0 Å². The Morgan fingerprint density at radius 2 is 1.95 bits per heavy atom. The van der Waals surface area contributed by atoms with Crippen LogP contribution in [-0.4, -0.2) is 28.9 Å². The number of nitrogens with zero attached hydrogens (tertiary/aromatic N) is 2.